The molecule has 2 aromatic carbocycles. The van der Waals surface area contributed by atoms with Crippen LogP contribution < -0.4 is 4.72 Å². The van der Waals surface area contributed by atoms with Crippen LogP contribution in [0.4, 0.5) is 4.39 Å². The highest BCUT2D eigenvalue weighted by Crippen LogP contribution is 2.25. The summed E-state index contributed by atoms with van der Waals surface area (Å²) < 4.78 is 46.0. The van der Waals surface area contributed by atoms with E-state index in [9.17, 15) is 22.4 Å². The summed E-state index contributed by atoms with van der Waals surface area (Å²) in [5.41, 5.74) is 0.863. The first kappa shape index (κ1) is 24.3. The summed E-state index contributed by atoms with van der Waals surface area (Å²) in [7, 11) is -3.71. The third kappa shape index (κ3) is 6.42. The molecule has 9 heteroatoms. The van der Waals surface area contributed by atoms with E-state index in [1.165, 1.54) is 36.4 Å². The quantitative estimate of drug-likeness (QED) is 0.542. The second kappa shape index (κ2) is 10.7. The number of amides is 1. The maximum atomic E-state index is 13.3. The van der Waals surface area contributed by atoms with Crippen molar-refractivity contribution in [2.24, 2.45) is 0 Å². The molecule has 0 radical (unpaired) electrons. The van der Waals surface area contributed by atoms with Gasteiger partial charge in [-0.2, -0.15) is 0 Å². The fourth-order valence-corrected chi connectivity index (χ4v) is 5.52. The molecule has 7 nitrogen and oxygen atoms in total. The van der Waals surface area contributed by atoms with Crippen LogP contribution in [0.2, 0.25) is 0 Å². The van der Waals surface area contributed by atoms with E-state index in [4.69, 9.17) is 4.74 Å². The Labute approximate surface area is 199 Å². The van der Waals surface area contributed by atoms with Crippen LogP contribution in [-0.2, 0) is 26.1 Å². The molecule has 0 saturated heterocycles. The van der Waals surface area contributed by atoms with Gasteiger partial charge < -0.3 is 9.64 Å². The van der Waals surface area contributed by atoms with Crippen LogP contribution in [0.3, 0.4) is 0 Å². The van der Waals surface area contributed by atoms with E-state index in [-0.39, 0.29) is 34.3 Å². The zero-order chi connectivity index (χ0) is 24.1. The number of carbonyl (C=O) groups is 2. The van der Waals surface area contributed by atoms with Gasteiger partial charge in [0.15, 0.2) is 6.61 Å². The van der Waals surface area contributed by atoms with Gasteiger partial charge in [0.2, 0.25) is 10.0 Å². The molecule has 2 saturated carbocycles. The molecule has 4 rings (SSSR count). The molecule has 0 bridgehead atoms. The summed E-state index contributed by atoms with van der Waals surface area (Å²) in [5, 5.41) is 0. The van der Waals surface area contributed by atoms with Gasteiger partial charge in [-0.1, -0.05) is 37.5 Å². The van der Waals surface area contributed by atoms with Gasteiger partial charge in [-0.15, -0.1) is 0 Å². The Hall–Kier alpha value is -2.78. The number of nitrogens with zero attached hydrogens (tertiary/aromatic N) is 1. The number of carbonyl (C=O) groups excluding carboxylic acids is 2. The molecule has 182 valence electrons. The van der Waals surface area contributed by atoms with Crippen molar-refractivity contribution in [1.29, 1.82) is 0 Å². The molecule has 1 N–H and O–H groups in total. The molecule has 2 aromatic rings. The summed E-state index contributed by atoms with van der Waals surface area (Å²) in [6, 6.07) is 11.6. The molecule has 2 aliphatic carbocycles. The molecule has 0 atom stereocenters. The smallest absolute Gasteiger partial charge is 0.338 e. The van der Waals surface area contributed by atoms with Crippen molar-refractivity contribution in [3.8, 4) is 0 Å². The van der Waals surface area contributed by atoms with Crippen LogP contribution in [-0.4, -0.2) is 43.9 Å². The minimum absolute atomic E-state index is 0.0136. The maximum absolute atomic E-state index is 13.3. The molecule has 0 aliphatic heterocycles. The monoisotopic (exact) mass is 488 g/mol. The summed E-state index contributed by atoms with van der Waals surface area (Å²) in [5.74, 6) is -1.43. The lowest BCUT2D eigenvalue weighted by Crippen LogP contribution is -2.43. The predicted octanol–water partition coefficient (Wildman–Crippen LogP) is 3.78. The fourth-order valence-electron chi connectivity index (χ4n) is 4.17. The zero-order valence-electron chi connectivity index (χ0n) is 18.9. The van der Waals surface area contributed by atoms with E-state index >= 15 is 0 Å². The first-order chi connectivity index (χ1) is 16.3. The molecule has 34 heavy (non-hydrogen) atoms. The lowest BCUT2D eigenvalue weighted by atomic mass is 9.93. The fraction of sp³-hybridized carbons (Fsp3) is 0.440. The summed E-state index contributed by atoms with van der Waals surface area (Å²) in [6.07, 6.45) is 6.51. The number of benzene rings is 2. The van der Waals surface area contributed by atoms with Gasteiger partial charge in [-0.25, -0.2) is 22.3 Å². The summed E-state index contributed by atoms with van der Waals surface area (Å²) in [6.45, 7) is -0.143. The minimum Gasteiger partial charge on any atom is -0.452 e. The Morgan fingerprint density at radius 2 is 1.71 bits per heavy atom. The van der Waals surface area contributed by atoms with E-state index < -0.39 is 22.6 Å². The molecule has 2 aliphatic rings. The molecule has 0 aromatic heterocycles. The van der Waals surface area contributed by atoms with Crippen LogP contribution in [0.25, 0.3) is 0 Å². The summed E-state index contributed by atoms with van der Waals surface area (Å²) in [4.78, 5) is 27.4. The molecule has 0 unspecified atom stereocenters. The van der Waals surface area contributed by atoms with Crippen LogP contribution in [0.15, 0.2) is 53.4 Å². The Kier molecular flexibility index (Phi) is 7.63. The first-order valence-corrected chi connectivity index (χ1v) is 13.1. The van der Waals surface area contributed by atoms with Crippen molar-refractivity contribution in [1.82, 2.24) is 9.62 Å². The third-order valence-electron chi connectivity index (χ3n) is 6.21. The van der Waals surface area contributed by atoms with Crippen molar-refractivity contribution in [3.63, 3.8) is 0 Å². The maximum Gasteiger partial charge on any atom is 0.338 e. The SMILES string of the molecule is O=C(OCC(=O)N(Cc1ccc(F)cc1)C1CCCCC1)c1cccc(S(=O)(=O)NC2CC2)c1. The highest BCUT2D eigenvalue weighted by Gasteiger charge is 2.29. The molecule has 0 spiro atoms. The van der Waals surface area contributed by atoms with E-state index in [1.54, 1.807) is 17.0 Å². The minimum atomic E-state index is -3.71. The van der Waals surface area contributed by atoms with Gasteiger partial charge in [-0.3, -0.25) is 4.79 Å². The standard InChI is InChI=1S/C25H29FN2O5S/c26-20-11-9-18(10-12-20)16-28(22-6-2-1-3-7-22)24(29)17-33-25(30)19-5-4-8-23(15-19)34(31,32)27-21-13-14-21/h4-5,8-12,15,21-22,27H,1-3,6-7,13-14,16-17H2. The lowest BCUT2D eigenvalue weighted by Gasteiger charge is -2.34. The van der Waals surface area contributed by atoms with Gasteiger partial charge >= 0.3 is 5.97 Å². The van der Waals surface area contributed by atoms with Crippen molar-refractivity contribution < 1.29 is 27.1 Å². The van der Waals surface area contributed by atoms with Gasteiger partial charge in [0.05, 0.1) is 10.5 Å². The number of halogens is 1. The van der Waals surface area contributed by atoms with E-state index in [1.807, 2.05) is 0 Å². The van der Waals surface area contributed by atoms with Gasteiger partial charge in [0, 0.05) is 18.6 Å². The van der Waals surface area contributed by atoms with Gasteiger partial charge in [0.1, 0.15) is 5.82 Å². The average Bonchev–Trinajstić information content (AvgIpc) is 3.66. The van der Waals surface area contributed by atoms with Gasteiger partial charge in [0.25, 0.3) is 5.91 Å². The highest BCUT2D eigenvalue weighted by atomic mass is 32.2. The Bertz CT molecular complexity index is 1130. The molecule has 1 amide bonds. The van der Waals surface area contributed by atoms with Gasteiger partial charge in [-0.05, 0) is 61.6 Å². The largest absolute Gasteiger partial charge is 0.452 e. The van der Waals surface area contributed by atoms with Crippen molar-refractivity contribution in [2.75, 3.05) is 6.61 Å². The Morgan fingerprint density at radius 3 is 2.38 bits per heavy atom. The molecule has 2 fully saturated rings. The highest BCUT2D eigenvalue weighted by molar-refractivity contribution is 7.89. The summed E-state index contributed by atoms with van der Waals surface area (Å²) >= 11 is 0. The van der Waals surface area contributed by atoms with E-state index in [0.717, 1.165) is 50.5 Å². The normalized spacial score (nSPS) is 16.7. The van der Waals surface area contributed by atoms with Crippen LogP contribution in [0.1, 0.15) is 60.9 Å². The average molecular weight is 489 g/mol. The Balaban J connectivity index is 1.41. The van der Waals surface area contributed by atoms with Crippen LogP contribution >= 0.6 is 0 Å². The lowest BCUT2D eigenvalue weighted by molar-refractivity contribution is -0.138. The number of hydrogen-bond donors (Lipinski definition) is 1. The topological polar surface area (TPSA) is 92.8 Å². The number of hydrogen-bond acceptors (Lipinski definition) is 5. The Morgan fingerprint density at radius 1 is 1.00 bits per heavy atom. The second-order valence-electron chi connectivity index (χ2n) is 8.94. The molecule has 0 heterocycles. The van der Waals surface area contributed by atoms with Crippen LogP contribution in [0, 0.1) is 5.82 Å². The number of rotatable bonds is 9. The van der Waals surface area contributed by atoms with Crippen molar-refractivity contribution in [3.05, 3.63) is 65.5 Å². The van der Waals surface area contributed by atoms with E-state index in [0.29, 0.717) is 6.54 Å². The third-order valence-corrected chi connectivity index (χ3v) is 7.73. The molecular weight excluding hydrogens is 459 g/mol. The first-order valence-electron chi connectivity index (χ1n) is 11.7. The number of ether oxygens (including phenoxy) is 1. The van der Waals surface area contributed by atoms with E-state index in [2.05, 4.69) is 4.72 Å². The second-order valence-corrected chi connectivity index (χ2v) is 10.7. The zero-order valence-corrected chi connectivity index (χ0v) is 19.7. The molecular formula is C25H29FN2O5S. The predicted molar refractivity (Wildman–Crippen MR) is 124 cm³/mol. The van der Waals surface area contributed by atoms with Crippen LogP contribution in [0.5, 0.6) is 0 Å². The van der Waals surface area contributed by atoms with Crippen molar-refractivity contribution in [2.45, 2.75) is 68.5 Å². The number of esters is 1. The van der Waals surface area contributed by atoms with Crippen molar-refractivity contribution >= 4 is 21.9 Å². The number of nitrogens with one attached hydrogen (secondary N) is 1. The number of sulfonamides is 1.